The number of hydrogen-bond donors (Lipinski definition) is 2. The van der Waals surface area contributed by atoms with Gasteiger partial charge in [-0.25, -0.2) is 9.97 Å². The second-order valence-corrected chi connectivity index (χ2v) is 6.62. The van der Waals surface area contributed by atoms with Crippen LogP contribution in [-0.2, 0) is 0 Å². The predicted octanol–water partition coefficient (Wildman–Crippen LogP) is 3.95. The molecule has 0 radical (unpaired) electrons. The van der Waals surface area contributed by atoms with Crippen molar-refractivity contribution in [1.29, 1.82) is 0 Å². The molecule has 0 unspecified atom stereocenters. The van der Waals surface area contributed by atoms with Crippen molar-refractivity contribution < 1.29 is 0 Å². The van der Waals surface area contributed by atoms with E-state index in [0.29, 0.717) is 11.0 Å². The summed E-state index contributed by atoms with van der Waals surface area (Å²) in [6, 6.07) is 18.0. The van der Waals surface area contributed by atoms with Crippen LogP contribution in [0.4, 0.5) is 17.3 Å². The maximum atomic E-state index is 6.04. The first-order valence-electron chi connectivity index (χ1n) is 8.70. The van der Waals surface area contributed by atoms with Crippen LogP contribution in [0.25, 0.3) is 11.3 Å². The highest BCUT2D eigenvalue weighted by atomic mass is 35.5. The molecule has 1 aliphatic rings. The van der Waals surface area contributed by atoms with Crippen molar-refractivity contribution in [2.45, 2.75) is 0 Å². The van der Waals surface area contributed by atoms with Crippen molar-refractivity contribution in [2.24, 2.45) is 0 Å². The molecule has 0 amide bonds. The largest absolute Gasteiger partial charge is 0.369 e. The number of rotatable bonds is 4. The Morgan fingerprint density at radius 2 is 1.85 bits per heavy atom. The van der Waals surface area contributed by atoms with Crippen LogP contribution >= 0.6 is 11.6 Å². The topological polar surface area (TPSA) is 53.1 Å². The smallest absolute Gasteiger partial charge is 0.227 e. The molecule has 2 N–H and O–H groups in total. The second-order valence-electron chi connectivity index (χ2n) is 6.19. The molecule has 0 bridgehead atoms. The fourth-order valence-corrected chi connectivity index (χ4v) is 3.25. The Kier molecular flexibility index (Phi) is 5.00. The van der Waals surface area contributed by atoms with E-state index in [2.05, 4.69) is 49.8 Å². The molecule has 2 aromatic carbocycles. The van der Waals surface area contributed by atoms with Crippen LogP contribution in [-0.4, -0.2) is 36.1 Å². The number of halogens is 1. The highest BCUT2D eigenvalue weighted by Crippen LogP contribution is 2.25. The van der Waals surface area contributed by atoms with Crippen molar-refractivity contribution in [2.75, 3.05) is 36.4 Å². The maximum Gasteiger partial charge on any atom is 0.227 e. The van der Waals surface area contributed by atoms with E-state index in [-0.39, 0.29) is 0 Å². The number of nitrogens with zero attached hydrogens (tertiary/aromatic N) is 3. The maximum absolute atomic E-state index is 6.04. The Hall–Kier alpha value is -2.63. The summed E-state index contributed by atoms with van der Waals surface area (Å²) < 4.78 is 0. The van der Waals surface area contributed by atoms with E-state index in [1.54, 1.807) is 6.20 Å². The molecule has 3 aromatic rings. The lowest BCUT2D eigenvalue weighted by Gasteiger charge is -2.29. The van der Waals surface area contributed by atoms with E-state index in [0.717, 1.165) is 43.1 Å². The van der Waals surface area contributed by atoms with Gasteiger partial charge in [0.1, 0.15) is 0 Å². The SMILES string of the molecule is Clc1cccc(Nc2nccc(-c3cccc(N4CCNCC4)c3)n2)c1. The van der Waals surface area contributed by atoms with Crippen LogP contribution in [0.3, 0.4) is 0 Å². The van der Waals surface area contributed by atoms with Crippen molar-refractivity contribution in [3.8, 4) is 11.3 Å². The monoisotopic (exact) mass is 365 g/mol. The lowest BCUT2D eigenvalue weighted by atomic mass is 10.1. The van der Waals surface area contributed by atoms with E-state index in [9.17, 15) is 0 Å². The first-order chi connectivity index (χ1) is 12.8. The van der Waals surface area contributed by atoms with Gasteiger partial charge in [0.25, 0.3) is 0 Å². The molecule has 2 heterocycles. The molecule has 1 aromatic heterocycles. The Morgan fingerprint density at radius 3 is 2.69 bits per heavy atom. The van der Waals surface area contributed by atoms with Crippen LogP contribution in [0, 0.1) is 0 Å². The van der Waals surface area contributed by atoms with Crippen molar-refractivity contribution >= 4 is 28.9 Å². The summed E-state index contributed by atoms with van der Waals surface area (Å²) >= 11 is 6.04. The Balaban J connectivity index is 1.58. The number of benzene rings is 2. The molecule has 132 valence electrons. The Morgan fingerprint density at radius 1 is 1.00 bits per heavy atom. The molecule has 6 heteroatoms. The molecule has 5 nitrogen and oxygen atoms in total. The Bertz CT molecular complexity index is 893. The molecule has 26 heavy (non-hydrogen) atoms. The third-order valence-corrected chi connectivity index (χ3v) is 4.60. The van der Waals surface area contributed by atoms with E-state index >= 15 is 0 Å². The fraction of sp³-hybridized carbons (Fsp3) is 0.200. The lowest BCUT2D eigenvalue weighted by Crippen LogP contribution is -2.43. The average molecular weight is 366 g/mol. The molecular formula is C20H20ClN5. The minimum Gasteiger partial charge on any atom is -0.369 e. The molecule has 0 aliphatic carbocycles. The van der Waals surface area contributed by atoms with Gasteiger partial charge in [0.05, 0.1) is 5.69 Å². The predicted molar refractivity (Wildman–Crippen MR) is 107 cm³/mol. The number of aromatic nitrogens is 2. The minimum atomic E-state index is 0.553. The van der Waals surface area contributed by atoms with Crippen LogP contribution in [0.5, 0.6) is 0 Å². The van der Waals surface area contributed by atoms with Crippen molar-refractivity contribution in [1.82, 2.24) is 15.3 Å². The van der Waals surface area contributed by atoms with Gasteiger partial charge in [0.2, 0.25) is 5.95 Å². The van der Waals surface area contributed by atoms with Gasteiger partial charge in [-0.2, -0.15) is 0 Å². The highest BCUT2D eigenvalue weighted by Gasteiger charge is 2.11. The lowest BCUT2D eigenvalue weighted by molar-refractivity contribution is 0.589. The van der Waals surface area contributed by atoms with Gasteiger partial charge in [-0.15, -0.1) is 0 Å². The summed E-state index contributed by atoms with van der Waals surface area (Å²) in [6.45, 7) is 4.08. The van der Waals surface area contributed by atoms with Gasteiger partial charge in [-0.1, -0.05) is 29.8 Å². The molecule has 0 spiro atoms. The third kappa shape index (κ3) is 3.95. The highest BCUT2D eigenvalue weighted by molar-refractivity contribution is 6.30. The minimum absolute atomic E-state index is 0.553. The molecule has 1 saturated heterocycles. The van der Waals surface area contributed by atoms with Gasteiger partial charge in [-0.3, -0.25) is 0 Å². The molecule has 4 rings (SSSR count). The first kappa shape index (κ1) is 16.8. The van der Waals surface area contributed by atoms with Gasteiger partial charge in [-0.05, 0) is 36.4 Å². The summed E-state index contributed by atoms with van der Waals surface area (Å²) in [7, 11) is 0. The number of nitrogens with one attached hydrogen (secondary N) is 2. The van der Waals surface area contributed by atoms with Gasteiger partial charge in [0, 0.05) is 54.3 Å². The zero-order valence-electron chi connectivity index (χ0n) is 14.3. The quantitative estimate of drug-likeness (QED) is 0.733. The number of piperazine rings is 1. The summed E-state index contributed by atoms with van der Waals surface area (Å²) in [6.07, 6.45) is 1.77. The molecular weight excluding hydrogens is 346 g/mol. The van der Waals surface area contributed by atoms with Crippen LogP contribution in [0.15, 0.2) is 60.8 Å². The molecule has 1 aliphatic heterocycles. The zero-order valence-corrected chi connectivity index (χ0v) is 15.1. The van der Waals surface area contributed by atoms with Gasteiger partial charge >= 0.3 is 0 Å². The summed E-state index contributed by atoms with van der Waals surface area (Å²) in [5.74, 6) is 0.553. The normalized spacial score (nSPS) is 14.3. The van der Waals surface area contributed by atoms with Gasteiger partial charge < -0.3 is 15.5 Å². The van der Waals surface area contributed by atoms with Crippen LogP contribution in [0.1, 0.15) is 0 Å². The Labute approximate surface area is 158 Å². The summed E-state index contributed by atoms with van der Waals surface area (Å²) in [5.41, 5.74) is 4.07. The van der Waals surface area contributed by atoms with E-state index in [4.69, 9.17) is 11.6 Å². The molecule has 1 fully saturated rings. The third-order valence-electron chi connectivity index (χ3n) is 4.36. The van der Waals surface area contributed by atoms with E-state index < -0.39 is 0 Å². The van der Waals surface area contributed by atoms with Crippen molar-refractivity contribution in [3.63, 3.8) is 0 Å². The number of hydrogen-bond acceptors (Lipinski definition) is 5. The molecule has 0 saturated carbocycles. The zero-order chi connectivity index (χ0) is 17.8. The van der Waals surface area contributed by atoms with Crippen molar-refractivity contribution in [3.05, 3.63) is 65.8 Å². The first-order valence-corrected chi connectivity index (χ1v) is 9.07. The fourth-order valence-electron chi connectivity index (χ4n) is 3.06. The van der Waals surface area contributed by atoms with Crippen LogP contribution in [0.2, 0.25) is 5.02 Å². The van der Waals surface area contributed by atoms with Gasteiger partial charge in [0.15, 0.2) is 0 Å². The molecule has 0 atom stereocenters. The second kappa shape index (κ2) is 7.72. The van der Waals surface area contributed by atoms with E-state index in [1.165, 1.54) is 5.69 Å². The van der Waals surface area contributed by atoms with Crippen LogP contribution < -0.4 is 15.5 Å². The summed E-state index contributed by atoms with van der Waals surface area (Å²) in [4.78, 5) is 11.4. The van der Waals surface area contributed by atoms with E-state index in [1.807, 2.05) is 30.3 Å². The standard InChI is InChI=1S/C20H20ClN5/c21-16-4-2-5-17(14-16)24-20-23-8-7-19(25-20)15-3-1-6-18(13-15)26-11-9-22-10-12-26/h1-8,13-14,22H,9-12H2,(H,23,24,25). The number of anilines is 3. The average Bonchev–Trinajstić information content (AvgIpc) is 2.69. The summed E-state index contributed by atoms with van der Waals surface area (Å²) in [5, 5.41) is 7.27.